The molecule has 2 amide bonds. The Morgan fingerprint density at radius 1 is 1.39 bits per heavy atom. The molecule has 1 unspecified atom stereocenters. The summed E-state index contributed by atoms with van der Waals surface area (Å²) >= 11 is 0. The Morgan fingerprint density at radius 3 is 2.78 bits per heavy atom. The molecule has 1 aromatic rings. The van der Waals surface area contributed by atoms with E-state index in [2.05, 4.69) is 5.32 Å². The maximum absolute atomic E-state index is 12.4. The topological polar surface area (TPSA) is 69.6 Å². The van der Waals surface area contributed by atoms with Gasteiger partial charge < -0.3 is 15.3 Å². The van der Waals surface area contributed by atoms with E-state index in [4.69, 9.17) is 5.11 Å². The molecule has 2 N–H and O–H groups in total. The monoisotopic (exact) mass is 318 g/mol. The molecule has 1 heterocycles. The smallest absolute Gasteiger partial charge is 0.251 e. The second-order valence-electron chi connectivity index (χ2n) is 6.46. The standard InChI is InChI=1S/C18H26N2O3/c1-13(2)16(8-10-21)19-18(23)15-6-3-5-14(11-15)12-20-9-4-7-17(20)22/h3,5-6,11,13,16,21H,4,7-10,12H2,1-2H3,(H,19,23). The molecular formula is C18H26N2O3. The first-order valence-corrected chi connectivity index (χ1v) is 8.29. The van der Waals surface area contributed by atoms with Gasteiger partial charge >= 0.3 is 0 Å². The lowest BCUT2D eigenvalue weighted by Gasteiger charge is -2.22. The van der Waals surface area contributed by atoms with Crippen molar-refractivity contribution in [2.24, 2.45) is 5.92 Å². The van der Waals surface area contributed by atoms with Gasteiger partial charge in [-0.05, 0) is 36.5 Å². The SMILES string of the molecule is CC(C)C(CCO)NC(=O)c1cccc(CN2CCCC2=O)c1. The van der Waals surface area contributed by atoms with E-state index in [1.54, 1.807) is 6.07 Å². The molecule has 0 aromatic heterocycles. The summed E-state index contributed by atoms with van der Waals surface area (Å²) in [6, 6.07) is 7.37. The number of hydrogen-bond acceptors (Lipinski definition) is 3. The van der Waals surface area contributed by atoms with Gasteiger partial charge in [0, 0.05) is 37.7 Å². The molecule has 0 spiro atoms. The minimum Gasteiger partial charge on any atom is -0.396 e. The van der Waals surface area contributed by atoms with Crippen LogP contribution >= 0.6 is 0 Å². The third kappa shape index (κ3) is 4.79. The minimum atomic E-state index is -0.133. The van der Waals surface area contributed by atoms with Crippen molar-refractivity contribution in [1.82, 2.24) is 10.2 Å². The number of carbonyl (C=O) groups excluding carboxylic acids is 2. The van der Waals surface area contributed by atoms with Crippen molar-refractivity contribution in [2.75, 3.05) is 13.2 Å². The van der Waals surface area contributed by atoms with Gasteiger partial charge in [0.25, 0.3) is 5.91 Å². The largest absolute Gasteiger partial charge is 0.396 e. The lowest BCUT2D eigenvalue weighted by molar-refractivity contribution is -0.128. The van der Waals surface area contributed by atoms with E-state index in [1.165, 1.54) is 0 Å². The summed E-state index contributed by atoms with van der Waals surface area (Å²) in [4.78, 5) is 26.0. The quantitative estimate of drug-likeness (QED) is 0.807. The Kier molecular flexibility index (Phi) is 6.16. The van der Waals surface area contributed by atoms with Crippen molar-refractivity contribution in [3.8, 4) is 0 Å². The van der Waals surface area contributed by atoms with Crippen LogP contribution in [0.25, 0.3) is 0 Å². The van der Waals surface area contributed by atoms with E-state index < -0.39 is 0 Å². The van der Waals surface area contributed by atoms with Crippen molar-refractivity contribution in [3.05, 3.63) is 35.4 Å². The first kappa shape index (κ1) is 17.5. The zero-order chi connectivity index (χ0) is 16.8. The highest BCUT2D eigenvalue weighted by molar-refractivity contribution is 5.94. The van der Waals surface area contributed by atoms with E-state index >= 15 is 0 Å². The van der Waals surface area contributed by atoms with Gasteiger partial charge in [-0.1, -0.05) is 26.0 Å². The fourth-order valence-corrected chi connectivity index (χ4v) is 2.87. The Hall–Kier alpha value is -1.88. The predicted octanol–water partition coefficient (Wildman–Crippen LogP) is 1.95. The van der Waals surface area contributed by atoms with Crippen LogP contribution in [-0.2, 0) is 11.3 Å². The van der Waals surface area contributed by atoms with Crippen LogP contribution in [-0.4, -0.2) is 41.0 Å². The highest BCUT2D eigenvalue weighted by Gasteiger charge is 2.21. The number of aliphatic hydroxyl groups excluding tert-OH is 1. The predicted molar refractivity (Wildman–Crippen MR) is 88.9 cm³/mol. The average molecular weight is 318 g/mol. The van der Waals surface area contributed by atoms with E-state index in [0.29, 0.717) is 24.9 Å². The van der Waals surface area contributed by atoms with Gasteiger partial charge in [0.05, 0.1) is 0 Å². The number of aliphatic hydroxyl groups is 1. The van der Waals surface area contributed by atoms with Gasteiger partial charge in [0.2, 0.25) is 5.91 Å². The minimum absolute atomic E-state index is 0.0451. The van der Waals surface area contributed by atoms with Gasteiger partial charge in [0.1, 0.15) is 0 Å². The molecule has 23 heavy (non-hydrogen) atoms. The summed E-state index contributed by atoms with van der Waals surface area (Å²) in [6.07, 6.45) is 2.08. The van der Waals surface area contributed by atoms with Gasteiger partial charge in [0.15, 0.2) is 0 Å². The molecule has 0 radical (unpaired) electrons. The summed E-state index contributed by atoms with van der Waals surface area (Å²) in [5, 5.41) is 12.1. The van der Waals surface area contributed by atoms with Gasteiger partial charge in [-0.3, -0.25) is 9.59 Å². The number of hydrogen-bond donors (Lipinski definition) is 2. The van der Waals surface area contributed by atoms with E-state index in [1.807, 2.05) is 36.9 Å². The number of amides is 2. The fraction of sp³-hybridized carbons (Fsp3) is 0.556. The zero-order valence-corrected chi connectivity index (χ0v) is 13.9. The molecule has 1 aromatic carbocycles. The molecular weight excluding hydrogens is 292 g/mol. The van der Waals surface area contributed by atoms with Crippen molar-refractivity contribution in [2.45, 2.75) is 45.7 Å². The Bertz CT molecular complexity index is 557. The molecule has 1 aliphatic heterocycles. The van der Waals surface area contributed by atoms with Crippen molar-refractivity contribution in [3.63, 3.8) is 0 Å². The zero-order valence-electron chi connectivity index (χ0n) is 13.9. The first-order valence-electron chi connectivity index (χ1n) is 8.29. The molecule has 0 aliphatic carbocycles. The van der Waals surface area contributed by atoms with Gasteiger partial charge in [-0.2, -0.15) is 0 Å². The molecule has 1 atom stereocenters. The van der Waals surface area contributed by atoms with Crippen LogP contribution < -0.4 is 5.32 Å². The number of nitrogens with one attached hydrogen (secondary N) is 1. The summed E-state index contributed by atoms with van der Waals surface area (Å²) < 4.78 is 0. The maximum Gasteiger partial charge on any atom is 0.251 e. The van der Waals surface area contributed by atoms with E-state index in [-0.39, 0.29) is 30.4 Å². The van der Waals surface area contributed by atoms with Crippen molar-refractivity contribution in [1.29, 1.82) is 0 Å². The first-order chi connectivity index (χ1) is 11.0. The molecule has 1 aliphatic rings. The van der Waals surface area contributed by atoms with E-state index in [0.717, 1.165) is 18.5 Å². The third-order valence-electron chi connectivity index (χ3n) is 4.30. The second kappa shape index (κ2) is 8.11. The van der Waals surface area contributed by atoms with Crippen molar-refractivity contribution >= 4 is 11.8 Å². The highest BCUT2D eigenvalue weighted by atomic mass is 16.3. The molecule has 126 valence electrons. The number of rotatable bonds is 7. The molecule has 1 saturated heterocycles. The molecule has 5 nitrogen and oxygen atoms in total. The van der Waals surface area contributed by atoms with Crippen molar-refractivity contribution < 1.29 is 14.7 Å². The second-order valence-corrected chi connectivity index (χ2v) is 6.46. The average Bonchev–Trinajstić information content (AvgIpc) is 2.92. The Morgan fingerprint density at radius 2 is 2.17 bits per heavy atom. The normalized spacial score (nSPS) is 16.0. The van der Waals surface area contributed by atoms with Crippen LogP contribution in [0.5, 0.6) is 0 Å². The number of likely N-dealkylation sites (tertiary alicyclic amines) is 1. The number of nitrogens with zero attached hydrogens (tertiary/aromatic N) is 1. The van der Waals surface area contributed by atoms with Gasteiger partial charge in [-0.25, -0.2) is 0 Å². The van der Waals surface area contributed by atoms with Crippen LogP contribution in [0.3, 0.4) is 0 Å². The third-order valence-corrected chi connectivity index (χ3v) is 4.30. The van der Waals surface area contributed by atoms with Crippen LogP contribution in [0, 0.1) is 5.92 Å². The van der Waals surface area contributed by atoms with Crippen LogP contribution in [0.2, 0.25) is 0 Å². The molecule has 1 fully saturated rings. The van der Waals surface area contributed by atoms with Crippen LogP contribution in [0.4, 0.5) is 0 Å². The highest BCUT2D eigenvalue weighted by Crippen LogP contribution is 2.15. The number of benzene rings is 1. The van der Waals surface area contributed by atoms with E-state index in [9.17, 15) is 9.59 Å². The summed E-state index contributed by atoms with van der Waals surface area (Å²) in [5.74, 6) is 0.311. The lowest BCUT2D eigenvalue weighted by Crippen LogP contribution is -2.39. The molecule has 0 saturated carbocycles. The Labute approximate surface area is 137 Å². The van der Waals surface area contributed by atoms with Crippen LogP contribution in [0.1, 0.15) is 49.0 Å². The summed E-state index contributed by atoms with van der Waals surface area (Å²) in [6.45, 7) is 5.46. The summed E-state index contributed by atoms with van der Waals surface area (Å²) in [5.41, 5.74) is 1.56. The molecule has 2 rings (SSSR count). The molecule has 5 heteroatoms. The fourth-order valence-electron chi connectivity index (χ4n) is 2.87. The van der Waals surface area contributed by atoms with Gasteiger partial charge in [-0.15, -0.1) is 0 Å². The number of carbonyl (C=O) groups is 2. The summed E-state index contributed by atoms with van der Waals surface area (Å²) in [7, 11) is 0. The Balaban J connectivity index is 2.03. The lowest BCUT2D eigenvalue weighted by atomic mass is 10.0. The molecule has 0 bridgehead atoms. The maximum atomic E-state index is 12.4. The van der Waals surface area contributed by atoms with Crippen LogP contribution in [0.15, 0.2) is 24.3 Å².